The van der Waals surface area contributed by atoms with E-state index in [0.29, 0.717) is 0 Å². The zero-order valence-electron chi connectivity index (χ0n) is 7.41. The summed E-state index contributed by atoms with van der Waals surface area (Å²) in [5, 5.41) is 3.88. The lowest BCUT2D eigenvalue weighted by Gasteiger charge is -1.94. The lowest BCUT2D eigenvalue weighted by Crippen LogP contribution is -1.97. The van der Waals surface area contributed by atoms with Crippen LogP contribution in [0.1, 0.15) is 20.8 Å². The SMILES string of the molecule is Cc1ccsc1C(=O)c1csc(I)c1. The molecule has 72 valence electrons. The lowest BCUT2D eigenvalue weighted by molar-refractivity contribution is 0.104. The molecule has 0 radical (unpaired) electrons. The zero-order valence-corrected chi connectivity index (χ0v) is 11.2. The highest BCUT2D eigenvalue weighted by atomic mass is 127. The first-order valence-corrected chi connectivity index (χ1v) is 6.85. The Morgan fingerprint density at radius 2 is 2.21 bits per heavy atom. The molecule has 0 amide bonds. The van der Waals surface area contributed by atoms with Crippen LogP contribution in [-0.4, -0.2) is 5.78 Å². The van der Waals surface area contributed by atoms with Crippen LogP contribution in [0.4, 0.5) is 0 Å². The largest absolute Gasteiger partial charge is 0.288 e. The molecule has 14 heavy (non-hydrogen) atoms. The summed E-state index contributed by atoms with van der Waals surface area (Å²) >= 11 is 5.35. The fourth-order valence-electron chi connectivity index (χ4n) is 1.17. The maximum Gasteiger partial charge on any atom is 0.204 e. The number of carbonyl (C=O) groups excluding carboxylic acids is 1. The summed E-state index contributed by atoms with van der Waals surface area (Å²) in [6.07, 6.45) is 0. The molecule has 0 aliphatic rings. The normalized spacial score (nSPS) is 10.4. The van der Waals surface area contributed by atoms with Crippen LogP contribution in [0.5, 0.6) is 0 Å². The third kappa shape index (κ3) is 1.92. The van der Waals surface area contributed by atoms with E-state index in [1.54, 1.807) is 11.3 Å². The molecule has 2 aromatic heterocycles. The van der Waals surface area contributed by atoms with Crippen molar-refractivity contribution in [2.24, 2.45) is 0 Å². The minimum atomic E-state index is 0.150. The molecule has 0 aromatic carbocycles. The Kier molecular flexibility index (Phi) is 3.04. The van der Waals surface area contributed by atoms with E-state index in [1.165, 1.54) is 11.3 Å². The van der Waals surface area contributed by atoms with E-state index in [1.807, 2.05) is 29.8 Å². The molecule has 0 aliphatic heterocycles. The van der Waals surface area contributed by atoms with Gasteiger partial charge in [-0.3, -0.25) is 4.79 Å². The molecule has 0 saturated heterocycles. The van der Waals surface area contributed by atoms with Crippen molar-refractivity contribution in [3.05, 3.63) is 41.8 Å². The van der Waals surface area contributed by atoms with E-state index in [4.69, 9.17) is 0 Å². The van der Waals surface area contributed by atoms with Gasteiger partial charge in [-0.2, -0.15) is 0 Å². The Bertz CT molecular complexity index is 470. The second-order valence-corrected chi connectivity index (χ2v) is 6.62. The Morgan fingerprint density at radius 1 is 1.43 bits per heavy atom. The molecule has 2 rings (SSSR count). The van der Waals surface area contributed by atoms with Crippen molar-refractivity contribution in [2.75, 3.05) is 0 Å². The van der Waals surface area contributed by atoms with Gasteiger partial charge >= 0.3 is 0 Å². The van der Waals surface area contributed by atoms with Gasteiger partial charge in [-0.05, 0) is 52.6 Å². The van der Waals surface area contributed by atoms with Crippen LogP contribution in [0.3, 0.4) is 0 Å². The van der Waals surface area contributed by atoms with Gasteiger partial charge in [0, 0.05) is 10.9 Å². The average Bonchev–Trinajstić information content (AvgIpc) is 2.73. The molecule has 0 aliphatic carbocycles. The molecule has 2 aromatic rings. The van der Waals surface area contributed by atoms with Crippen molar-refractivity contribution in [3.8, 4) is 0 Å². The van der Waals surface area contributed by atoms with Crippen molar-refractivity contribution in [2.45, 2.75) is 6.92 Å². The van der Waals surface area contributed by atoms with Gasteiger partial charge in [-0.25, -0.2) is 0 Å². The zero-order chi connectivity index (χ0) is 10.1. The number of ketones is 1. The fraction of sp³-hybridized carbons (Fsp3) is 0.100. The van der Waals surface area contributed by atoms with Gasteiger partial charge in [0.25, 0.3) is 0 Å². The minimum absolute atomic E-state index is 0.150. The molecule has 4 heteroatoms. The molecule has 0 fully saturated rings. The number of rotatable bonds is 2. The van der Waals surface area contributed by atoms with E-state index in [-0.39, 0.29) is 5.78 Å². The maximum absolute atomic E-state index is 12.0. The van der Waals surface area contributed by atoms with Crippen LogP contribution < -0.4 is 0 Å². The second kappa shape index (κ2) is 4.12. The third-order valence-corrected chi connectivity index (χ3v) is 4.70. The standard InChI is InChI=1S/C10H7IOS2/c1-6-2-3-13-10(6)9(12)7-4-8(11)14-5-7/h2-5H,1H3. The highest BCUT2D eigenvalue weighted by Crippen LogP contribution is 2.23. The van der Waals surface area contributed by atoms with Gasteiger partial charge < -0.3 is 0 Å². The number of thiophene rings is 2. The van der Waals surface area contributed by atoms with Gasteiger partial charge in [0.15, 0.2) is 0 Å². The Hall–Kier alpha value is -0.200. The molecule has 0 spiro atoms. The number of carbonyl (C=O) groups is 1. The van der Waals surface area contributed by atoms with Crippen molar-refractivity contribution < 1.29 is 4.79 Å². The Balaban J connectivity index is 2.38. The molecule has 0 bridgehead atoms. The van der Waals surface area contributed by atoms with Crippen molar-refractivity contribution in [3.63, 3.8) is 0 Å². The molecule has 0 unspecified atom stereocenters. The number of aryl methyl sites for hydroxylation is 1. The van der Waals surface area contributed by atoms with Crippen LogP contribution >= 0.6 is 45.3 Å². The molecular weight excluding hydrogens is 327 g/mol. The summed E-state index contributed by atoms with van der Waals surface area (Å²) in [6, 6.07) is 3.92. The average molecular weight is 334 g/mol. The molecule has 2 heterocycles. The van der Waals surface area contributed by atoms with Crippen molar-refractivity contribution >= 4 is 51.0 Å². The van der Waals surface area contributed by atoms with E-state index in [2.05, 4.69) is 22.6 Å². The number of halogens is 1. The predicted molar refractivity (Wildman–Crippen MR) is 69.5 cm³/mol. The van der Waals surface area contributed by atoms with Crippen LogP contribution in [0.15, 0.2) is 22.9 Å². The summed E-state index contributed by atoms with van der Waals surface area (Å²) in [5.74, 6) is 0.150. The quantitative estimate of drug-likeness (QED) is 0.600. The van der Waals surface area contributed by atoms with E-state index in [0.717, 1.165) is 18.9 Å². The summed E-state index contributed by atoms with van der Waals surface area (Å²) in [7, 11) is 0. The summed E-state index contributed by atoms with van der Waals surface area (Å²) in [6.45, 7) is 1.97. The molecule has 0 saturated carbocycles. The van der Waals surface area contributed by atoms with E-state index < -0.39 is 0 Å². The summed E-state index contributed by atoms with van der Waals surface area (Å²) in [5.41, 5.74) is 1.88. The minimum Gasteiger partial charge on any atom is -0.288 e. The summed E-state index contributed by atoms with van der Waals surface area (Å²) < 4.78 is 1.15. The van der Waals surface area contributed by atoms with E-state index in [9.17, 15) is 4.79 Å². The number of hydrogen-bond donors (Lipinski definition) is 0. The first kappa shape index (κ1) is 10.3. The fourth-order valence-corrected chi connectivity index (χ4v) is 3.38. The maximum atomic E-state index is 12.0. The first-order valence-electron chi connectivity index (χ1n) is 4.01. The van der Waals surface area contributed by atoms with Crippen LogP contribution in [0, 0.1) is 9.81 Å². The van der Waals surface area contributed by atoms with Gasteiger partial charge in [0.05, 0.1) is 7.76 Å². The Labute approximate surface area is 104 Å². The topological polar surface area (TPSA) is 17.1 Å². The highest BCUT2D eigenvalue weighted by molar-refractivity contribution is 14.1. The Morgan fingerprint density at radius 3 is 2.71 bits per heavy atom. The highest BCUT2D eigenvalue weighted by Gasteiger charge is 2.13. The third-order valence-electron chi connectivity index (χ3n) is 1.90. The molecule has 0 N–H and O–H groups in total. The number of hydrogen-bond acceptors (Lipinski definition) is 3. The van der Waals surface area contributed by atoms with Gasteiger partial charge in [-0.15, -0.1) is 22.7 Å². The molecular formula is C10H7IOS2. The molecule has 0 atom stereocenters. The van der Waals surface area contributed by atoms with Crippen LogP contribution in [-0.2, 0) is 0 Å². The smallest absolute Gasteiger partial charge is 0.204 e. The summed E-state index contributed by atoms with van der Waals surface area (Å²) in [4.78, 5) is 12.8. The van der Waals surface area contributed by atoms with Crippen LogP contribution in [0.25, 0.3) is 0 Å². The van der Waals surface area contributed by atoms with E-state index >= 15 is 0 Å². The van der Waals surface area contributed by atoms with Gasteiger partial charge in [0.2, 0.25) is 5.78 Å². The van der Waals surface area contributed by atoms with Crippen LogP contribution in [0.2, 0.25) is 0 Å². The van der Waals surface area contributed by atoms with Crippen molar-refractivity contribution in [1.82, 2.24) is 0 Å². The lowest BCUT2D eigenvalue weighted by atomic mass is 10.1. The monoisotopic (exact) mass is 334 g/mol. The van der Waals surface area contributed by atoms with Gasteiger partial charge in [-0.1, -0.05) is 0 Å². The molecule has 1 nitrogen and oxygen atoms in total. The first-order chi connectivity index (χ1) is 6.68. The van der Waals surface area contributed by atoms with Gasteiger partial charge in [0.1, 0.15) is 0 Å². The second-order valence-electron chi connectivity index (χ2n) is 2.90. The van der Waals surface area contributed by atoms with Crippen molar-refractivity contribution in [1.29, 1.82) is 0 Å². The predicted octanol–water partition coefficient (Wildman–Crippen LogP) is 3.95.